The van der Waals surface area contributed by atoms with Crippen molar-refractivity contribution >= 4 is 5.82 Å². The highest BCUT2D eigenvalue weighted by atomic mass is 15.4. The molecule has 0 aromatic carbocycles. The van der Waals surface area contributed by atoms with Crippen molar-refractivity contribution in [3.8, 4) is 11.4 Å². The SMILES string of the molecule is Cc1cc(NC2CCC3NNCC3C2)nc(-c2cccnc2)n1. The Balaban J connectivity index is 1.52. The molecule has 0 bridgehead atoms. The Labute approximate surface area is 136 Å². The van der Waals surface area contributed by atoms with E-state index < -0.39 is 0 Å². The van der Waals surface area contributed by atoms with Gasteiger partial charge in [0.2, 0.25) is 0 Å². The van der Waals surface area contributed by atoms with Crippen molar-refractivity contribution in [2.45, 2.75) is 38.3 Å². The molecule has 2 fully saturated rings. The highest BCUT2D eigenvalue weighted by molar-refractivity contribution is 5.56. The predicted molar refractivity (Wildman–Crippen MR) is 89.7 cm³/mol. The summed E-state index contributed by atoms with van der Waals surface area (Å²) in [4.78, 5) is 13.4. The van der Waals surface area contributed by atoms with E-state index in [9.17, 15) is 0 Å². The van der Waals surface area contributed by atoms with Crippen LogP contribution in [0.5, 0.6) is 0 Å². The maximum absolute atomic E-state index is 4.69. The van der Waals surface area contributed by atoms with Crippen LogP contribution in [0.25, 0.3) is 11.4 Å². The minimum atomic E-state index is 0.481. The van der Waals surface area contributed by atoms with Gasteiger partial charge in [0.15, 0.2) is 5.82 Å². The fourth-order valence-corrected chi connectivity index (χ4v) is 3.61. The van der Waals surface area contributed by atoms with Crippen LogP contribution in [-0.4, -0.2) is 33.6 Å². The molecule has 3 unspecified atom stereocenters. The van der Waals surface area contributed by atoms with Crippen LogP contribution in [0.2, 0.25) is 0 Å². The Morgan fingerprint density at radius 2 is 2.22 bits per heavy atom. The molecule has 3 N–H and O–H groups in total. The van der Waals surface area contributed by atoms with Gasteiger partial charge < -0.3 is 5.32 Å². The van der Waals surface area contributed by atoms with E-state index >= 15 is 0 Å². The molecule has 23 heavy (non-hydrogen) atoms. The summed E-state index contributed by atoms with van der Waals surface area (Å²) in [5.41, 5.74) is 8.57. The summed E-state index contributed by atoms with van der Waals surface area (Å²) in [6.45, 7) is 3.07. The largest absolute Gasteiger partial charge is 0.367 e. The fourth-order valence-electron chi connectivity index (χ4n) is 3.61. The Bertz CT molecular complexity index is 674. The quantitative estimate of drug-likeness (QED) is 0.804. The van der Waals surface area contributed by atoms with Crippen molar-refractivity contribution < 1.29 is 0 Å². The maximum Gasteiger partial charge on any atom is 0.163 e. The third-order valence-corrected chi connectivity index (χ3v) is 4.76. The van der Waals surface area contributed by atoms with Gasteiger partial charge in [0, 0.05) is 48.3 Å². The first-order chi connectivity index (χ1) is 11.3. The second-order valence-corrected chi connectivity index (χ2v) is 6.51. The van der Waals surface area contributed by atoms with Crippen molar-refractivity contribution in [1.29, 1.82) is 0 Å². The topological polar surface area (TPSA) is 74.8 Å². The van der Waals surface area contributed by atoms with Gasteiger partial charge in [-0.3, -0.25) is 15.8 Å². The number of hydrogen-bond donors (Lipinski definition) is 3. The van der Waals surface area contributed by atoms with E-state index in [0.29, 0.717) is 18.0 Å². The lowest BCUT2D eigenvalue weighted by atomic mass is 9.83. The molecular weight excluding hydrogens is 288 g/mol. The minimum absolute atomic E-state index is 0.481. The summed E-state index contributed by atoms with van der Waals surface area (Å²) in [6.07, 6.45) is 7.12. The zero-order chi connectivity index (χ0) is 15.6. The molecule has 1 saturated heterocycles. The van der Waals surface area contributed by atoms with Gasteiger partial charge in [-0.05, 0) is 44.2 Å². The predicted octanol–water partition coefficient (Wildman–Crippen LogP) is 1.90. The highest BCUT2D eigenvalue weighted by Crippen LogP contribution is 2.28. The van der Waals surface area contributed by atoms with Crippen molar-refractivity contribution in [1.82, 2.24) is 25.8 Å². The third kappa shape index (κ3) is 3.18. The monoisotopic (exact) mass is 310 g/mol. The summed E-state index contributed by atoms with van der Waals surface area (Å²) in [5, 5.41) is 3.62. The molecule has 2 aromatic heterocycles. The smallest absolute Gasteiger partial charge is 0.163 e. The normalized spacial score (nSPS) is 26.7. The van der Waals surface area contributed by atoms with Crippen LogP contribution in [0, 0.1) is 12.8 Å². The minimum Gasteiger partial charge on any atom is -0.367 e. The molecule has 3 heterocycles. The Hall–Kier alpha value is -2.05. The van der Waals surface area contributed by atoms with E-state index in [1.54, 1.807) is 12.4 Å². The highest BCUT2D eigenvalue weighted by Gasteiger charge is 2.33. The van der Waals surface area contributed by atoms with Crippen LogP contribution in [0.3, 0.4) is 0 Å². The number of rotatable bonds is 3. The fraction of sp³-hybridized carbons (Fsp3) is 0.471. The molecule has 4 rings (SSSR count). The number of nitrogens with zero attached hydrogens (tertiary/aromatic N) is 3. The molecule has 120 valence electrons. The van der Waals surface area contributed by atoms with Gasteiger partial charge in [0.1, 0.15) is 5.82 Å². The number of aryl methyl sites for hydroxylation is 1. The third-order valence-electron chi connectivity index (χ3n) is 4.76. The van der Waals surface area contributed by atoms with Gasteiger partial charge in [-0.1, -0.05) is 0 Å². The first-order valence-electron chi connectivity index (χ1n) is 8.29. The van der Waals surface area contributed by atoms with Gasteiger partial charge in [0.05, 0.1) is 0 Å². The van der Waals surface area contributed by atoms with Crippen molar-refractivity contribution in [2.75, 3.05) is 11.9 Å². The lowest BCUT2D eigenvalue weighted by molar-refractivity contribution is 0.314. The number of aromatic nitrogens is 3. The standard InChI is InChI=1S/C17H22N6/c1-11-7-16(22-17(20-11)12-3-2-6-18-9-12)21-14-4-5-15-13(8-14)10-19-23-15/h2-3,6-7,9,13-15,19,23H,4-5,8,10H2,1H3,(H,20,21,22). The van der Waals surface area contributed by atoms with Gasteiger partial charge in [0.25, 0.3) is 0 Å². The number of fused-ring (bicyclic) bond motifs is 1. The van der Waals surface area contributed by atoms with E-state index in [2.05, 4.69) is 31.1 Å². The van der Waals surface area contributed by atoms with Crippen LogP contribution in [-0.2, 0) is 0 Å². The Morgan fingerprint density at radius 1 is 1.26 bits per heavy atom. The van der Waals surface area contributed by atoms with E-state index in [0.717, 1.165) is 29.4 Å². The molecule has 3 atom stereocenters. The average molecular weight is 310 g/mol. The van der Waals surface area contributed by atoms with Crippen molar-refractivity contribution in [3.63, 3.8) is 0 Å². The second-order valence-electron chi connectivity index (χ2n) is 6.51. The molecule has 0 amide bonds. The van der Waals surface area contributed by atoms with Gasteiger partial charge in [-0.2, -0.15) is 0 Å². The molecule has 1 aliphatic heterocycles. The molecule has 1 aliphatic carbocycles. The number of pyridine rings is 1. The number of hydrazine groups is 1. The first-order valence-corrected chi connectivity index (χ1v) is 8.29. The van der Waals surface area contributed by atoms with Gasteiger partial charge in [-0.25, -0.2) is 9.97 Å². The van der Waals surface area contributed by atoms with Crippen LogP contribution >= 0.6 is 0 Å². The van der Waals surface area contributed by atoms with Crippen LogP contribution < -0.4 is 16.2 Å². The van der Waals surface area contributed by atoms with Gasteiger partial charge >= 0.3 is 0 Å². The van der Waals surface area contributed by atoms with E-state index in [4.69, 9.17) is 0 Å². The van der Waals surface area contributed by atoms with Crippen molar-refractivity contribution in [2.24, 2.45) is 5.92 Å². The molecule has 6 heteroatoms. The number of hydrogen-bond acceptors (Lipinski definition) is 6. The summed E-state index contributed by atoms with van der Waals surface area (Å²) in [7, 11) is 0. The molecular formula is C17H22N6. The van der Waals surface area contributed by atoms with Crippen molar-refractivity contribution in [3.05, 3.63) is 36.3 Å². The molecule has 0 spiro atoms. The molecule has 0 radical (unpaired) electrons. The van der Waals surface area contributed by atoms with Crippen LogP contribution in [0.4, 0.5) is 5.82 Å². The van der Waals surface area contributed by atoms with Gasteiger partial charge in [-0.15, -0.1) is 0 Å². The summed E-state index contributed by atoms with van der Waals surface area (Å²) in [6, 6.07) is 7.04. The number of anilines is 1. The maximum atomic E-state index is 4.69. The lowest BCUT2D eigenvalue weighted by Gasteiger charge is -2.31. The van der Waals surface area contributed by atoms with Crippen LogP contribution in [0.1, 0.15) is 25.0 Å². The second kappa shape index (κ2) is 6.22. The lowest BCUT2D eigenvalue weighted by Crippen LogP contribution is -2.39. The molecule has 2 aromatic rings. The number of nitrogens with one attached hydrogen (secondary N) is 3. The van der Waals surface area contributed by atoms with Crippen LogP contribution in [0.15, 0.2) is 30.6 Å². The summed E-state index contributed by atoms with van der Waals surface area (Å²) >= 11 is 0. The van der Waals surface area contributed by atoms with E-state index in [1.807, 2.05) is 25.1 Å². The summed E-state index contributed by atoms with van der Waals surface area (Å²) in [5.74, 6) is 2.36. The summed E-state index contributed by atoms with van der Waals surface area (Å²) < 4.78 is 0. The first kappa shape index (κ1) is 14.5. The van der Waals surface area contributed by atoms with E-state index in [1.165, 1.54) is 19.3 Å². The zero-order valence-electron chi connectivity index (χ0n) is 13.3. The van der Waals surface area contributed by atoms with E-state index in [-0.39, 0.29) is 0 Å². The molecule has 2 aliphatic rings. The Kier molecular flexibility index (Phi) is 3.93. The Morgan fingerprint density at radius 3 is 3.09 bits per heavy atom. The average Bonchev–Trinajstić information content (AvgIpc) is 3.03. The molecule has 6 nitrogen and oxygen atoms in total. The molecule has 1 saturated carbocycles. The zero-order valence-corrected chi connectivity index (χ0v) is 13.3.